The van der Waals surface area contributed by atoms with Gasteiger partial charge in [-0.3, -0.25) is 14.4 Å². The Morgan fingerprint density at radius 1 is 1.23 bits per heavy atom. The molecule has 1 amide bonds. The highest BCUT2D eigenvalue weighted by molar-refractivity contribution is 6.26. The Labute approximate surface area is 151 Å². The van der Waals surface area contributed by atoms with Crippen LogP contribution in [0.4, 0.5) is 0 Å². The number of aliphatic carboxylic acids is 1. The van der Waals surface area contributed by atoms with Gasteiger partial charge in [0.2, 0.25) is 5.78 Å². The normalized spacial score (nSPS) is 19.0. The Balaban J connectivity index is 2.17. The molecule has 0 radical (unpaired) electrons. The summed E-state index contributed by atoms with van der Waals surface area (Å²) in [7, 11) is 0. The van der Waals surface area contributed by atoms with Crippen molar-refractivity contribution in [2.45, 2.75) is 57.4 Å². The van der Waals surface area contributed by atoms with Crippen molar-refractivity contribution < 1.29 is 24.6 Å². The van der Waals surface area contributed by atoms with E-state index >= 15 is 0 Å². The SMILES string of the molecule is CC(C)(C)c1ccc2n1C1(CCCC1)C(O)=C(C(=O)NCC(=O)O)C2=O. The smallest absolute Gasteiger partial charge is 0.322 e. The molecular weight excluding hydrogens is 336 g/mol. The summed E-state index contributed by atoms with van der Waals surface area (Å²) >= 11 is 0. The molecule has 0 saturated heterocycles. The minimum absolute atomic E-state index is 0.239. The van der Waals surface area contributed by atoms with Crippen molar-refractivity contribution >= 4 is 17.7 Å². The summed E-state index contributed by atoms with van der Waals surface area (Å²) in [5.74, 6) is -2.86. The summed E-state index contributed by atoms with van der Waals surface area (Å²) in [6, 6.07) is 3.57. The summed E-state index contributed by atoms with van der Waals surface area (Å²) < 4.78 is 1.91. The van der Waals surface area contributed by atoms with Crippen LogP contribution in [0.5, 0.6) is 0 Å². The third-order valence-corrected chi connectivity index (χ3v) is 5.27. The number of aliphatic hydroxyl groups excluding tert-OH is 1. The van der Waals surface area contributed by atoms with Crippen molar-refractivity contribution in [3.05, 3.63) is 34.9 Å². The first kappa shape index (κ1) is 18.2. The van der Waals surface area contributed by atoms with Crippen LogP contribution in [0.2, 0.25) is 0 Å². The van der Waals surface area contributed by atoms with Crippen molar-refractivity contribution in [2.24, 2.45) is 0 Å². The lowest BCUT2D eigenvalue weighted by molar-refractivity contribution is -0.137. The number of ketones is 1. The van der Waals surface area contributed by atoms with Crippen LogP contribution in [-0.4, -0.2) is 39.0 Å². The second kappa shape index (κ2) is 6.00. The standard InChI is InChI=1S/C19H24N2O5/c1-18(2,3)12-7-6-11-15(24)14(17(26)20-10-13(22)23)16(25)19(21(11)12)8-4-5-9-19/h6-7,25H,4-5,8-10H2,1-3H3,(H,20,26)(H,22,23). The number of aliphatic hydroxyl groups is 1. The summed E-state index contributed by atoms with van der Waals surface area (Å²) in [5, 5.41) is 22.0. The molecule has 0 bridgehead atoms. The van der Waals surface area contributed by atoms with E-state index < -0.39 is 29.7 Å². The minimum atomic E-state index is -1.21. The van der Waals surface area contributed by atoms with Crippen LogP contribution in [0.15, 0.2) is 23.5 Å². The fraction of sp³-hybridized carbons (Fsp3) is 0.526. The van der Waals surface area contributed by atoms with E-state index in [1.54, 1.807) is 6.07 Å². The first-order chi connectivity index (χ1) is 12.1. The van der Waals surface area contributed by atoms with E-state index in [0.717, 1.165) is 18.5 Å². The van der Waals surface area contributed by atoms with Crippen molar-refractivity contribution in [3.63, 3.8) is 0 Å². The van der Waals surface area contributed by atoms with Crippen LogP contribution in [0.25, 0.3) is 0 Å². The van der Waals surface area contributed by atoms with E-state index in [1.165, 1.54) is 0 Å². The first-order valence-electron chi connectivity index (χ1n) is 8.81. The number of nitrogens with zero attached hydrogens (tertiary/aromatic N) is 1. The lowest BCUT2D eigenvalue weighted by Crippen LogP contribution is -2.46. The Bertz CT molecular complexity index is 819. The van der Waals surface area contributed by atoms with Gasteiger partial charge in [-0.05, 0) is 25.0 Å². The molecule has 1 spiro atoms. The van der Waals surface area contributed by atoms with Gasteiger partial charge < -0.3 is 20.1 Å². The van der Waals surface area contributed by atoms with Crippen LogP contribution in [0, 0.1) is 0 Å². The van der Waals surface area contributed by atoms with E-state index in [1.807, 2.05) is 31.4 Å². The summed E-state index contributed by atoms with van der Waals surface area (Å²) in [6.07, 6.45) is 3.02. The van der Waals surface area contributed by atoms with E-state index in [-0.39, 0.29) is 16.7 Å². The molecule has 0 atom stereocenters. The van der Waals surface area contributed by atoms with E-state index in [2.05, 4.69) is 5.32 Å². The molecular formula is C19H24N2O5. The number of carboxylic acid groups (broad SMARTS) is 1. The number of hydrogen-bond donors (Lipinski definition) is 3. The zero-order valence-corrected chi connectivity index (χ0v) is 15.3. The number of hydrogen-bond acceptors (Lipinski definition) is 4. The van der Waals surface area contributed by atoms with Crippen LogP contribution in [-0.2, 0) is 20.5 Å². The highest BCUT2D eigenvalue weighted by atomic mass is 16.4. The molecule has 3 N–H and O–H groups in total. The molecule has 1 aromatic heterocycles. The topological polar surface area (TPSA) is 109 Å². The monoisotopic (exact) mass is 360 g/mol. The van der Waals surface area contributed by atoms with Crippen molar-refractivity contribution in [2.75, 3.05) is 6.54 Å². The number of carbonyl (C=O) groups is 3. The molecule has 7 heteroatoms. The highest BCUT2D eigenvalue weighted by Gasteiger charge is 2.50. The Morgan fingerprint density at radius 3 is 2.38 bits per heavy atom. The van der Waals surface area contributed by atoms with Crippen molar-refractivity contribution in [3.8, 4) is 0 Å². The molecule has 1 aliphatic heterocycles. The quantitative estimate of drug-likeness (QED) is 0.717. The van der Waals surface area contributed by atoms with Gasteiger partial charge in [0, 0.05) is 11.1 Å². The van der Waals surface area contributed by atoms with E-state index in [0.29, 0.717) is 18.5 Å². The van der Waals surface area contributed by atoms with Crippen LogP contribution in [0.1, 0.15) is 62.6 Å². The van der Waals surface area contributed by atoms with Gasteiger partial charge in [-0.1, -0.05) is 33.6 Å². The number of allylic oxidation sites excluding steroid dienone is 1. The minimum Gasteiger partial charge on any atom is -0.509 e. The van der Waals surface area contributed by atoms with E-state index in [4.69, 9.17) is 5.11 Å². The number of Topliss-reactive ketones (excluding diaryl/α,β-unsaturated/α-hetero) is 1. The molecule has 1 saturated carbocycles. The third kappa shape index (κ3) is 2.62. The molecule has 3 rings (SSSR count). The molecule has 2 heterocycles. The van der Waals surface area contributed by atoms with Crippen molar-refractivity contribution in [1.29, 1.82) is 0 Å². The van der Waals surface area contributed by atoms with Gasteiger partial charge in [0.25, 0.3) is 5.91 Å². The van der Waals surface area contributed by atoms with Gasteiger partial charge in [0.05, 0.1) is 5.69 Å². The lowest BCUT2D eigenvalue weighted by atomic mass is 9.83. The maximum atomic E-state index is 12.9. The number of nitrogens with one attached hydrogen (secondary N) is 1. The Morgan fingerprint density at radius 2 is 1.85 bits per heavy atom. The van der Waals surface area contributed by atoms with E-state index in [9.17, 15) is 19.5 Å². The van der Waals surface area contributed by atoms with Gasteiger partial charge in [0.1, 0.15) is 23.4 Å². The number of aromatic nitrogens is 1. The number of amides is 1. The second-order valence-electron chi connectivity index (χ2n) is 8.06. The molecule has 1 fully saturated rings. The van der Waals surface area contributed by atoms with Crippen LogP contribution < -0.4 is 5.32 Å². The Kier molecular flexibility index (Phi) is 4.21. The van der Waals surface area contributed by atoms with Gasteiger partial charge >= 0.3 is 5.97 Å². The molecule has 0 unspecified atom stereocenters. The fourth-order valence-electron chi connectivity index (χ4n) is 4.11. The summed E-state index contributed by atoms with van der Waals surface area (Å²) in [4.78, 5) is 36.1. The van der Waals surface area contributed by atoms with Gasteiger partial charge in [-0.2, -0.15) is 0 Å². The van der Waals surface area contributed by atoms with Crippen LogP contribution in [0.3, 0.4) is 0 Å². The van der Waals surface area contributed by atoms with Crippen LogP contribution >= 0.6 is 0 Å². The van der Waals surface area contributed by atoms with Gasteiger partial charge in [-0.25, -0.2) is 0 Å². The number of fused-ring (bicyclic) bond motifs is 2. The zero-order chi connectivity index (χ0) is 19.3. The molecule has 1 aromatic rings. The Hall–Kier alpha value is -2.57. The molecule has 2 aliphatic rings. The number of rotatable bonds is 3. The lowest BCUT2D eigenvalue weighted by Gasteiger charge is -2.40. The van der Waals surface area contributed by atoms with Gasteiger partial charge in [-0.15, -0.1) is 0 Å². The molecule has 140 valence electrons. The third-order valence-electron chi connectivity index (χ3n) is 5.27. The fourth-order valence-corrected chi connectivity index (χ4v) is 4.11. The van der Waals surface area contributed by atoms with Gasteiger partial charge in [0.15, 0.2) is 0 Å². The predicted molar refractivity (Wildman–Crippen MR) is 94.2 cm³/mol. The maximum Gasteiger partial charge on any atom is 0.322 e. The van der Waals surface area contributed by atoms with Crippen molar-refractivity contribution in [1.82, 2.24) is 9.88 Å². The first-order valence-corrected chi connectivity index (χ1v) is 8.81. The molecule has 0 aromatic carbocycles. The zero-order valence-electron chi connectivity index (χ0n) is 15.3. The molecule has 7 nitrogen and oxygen atoms in total. The summed E-state index contributed by atoms with van der Waals surface area (Å²) in [5.41, 5.74) is -0.0866. The number of carbonyl (C=O) groups excluding carboxylic acids is 2. The number of carboxylic acids is 1. The second-order valence-corrected chi connectivity index (χ2v) is 8.06. The average molecular weight is 360 g/mol. The largest absolute Gasteiger partial charge is 0.509 e. The molecule has 26 heavy (non-hydrogen) atoms. The maximum absolute atomic E-state index is 12.9. The molecule has 1 aliphatic carbocycles. The average Bonchev–Trinajstić information content (AvgIpc) is 3.18. The summed E-state index contributed by atoms with van der Waals surface area (Å²) in [6.45, 7) is 5.51. The predicted octanol–water partition coefficient (Wildman–Crippen LogP) is 2.26. The highest BCUT2D eigenvalue weighted by Crippen LogP contribution is 2.49.